The fourth-order valence-electron chi connectivity index (χ4n) is 4.86. The number of aryl methyl sites for hydroxylation is 1. The molecule has 1 saturated carbocycles. The molecule has 0 spiro atoms. The van der Waals surface area contributed by atoms with Gasteiger partial charge >= 0.3 is 5.69 Å². The van der Waals surface area contributed by atoms with Gasteiger partial charge in [-0.15, -0.1) is 0 Å². The zero-order chi connectivity index (χ0) is 22.5. The minimum atomic E-state index is 0.0244. The number of ether oxygens (including phenoxy) is 1. The maximum Gasteiger partial charge on any atom is 0.328 e. The first kappa shape index (κ1) is 22.3. The number of rotatable bonds is 9. The maximum absolute atomic E-state index is 12.9. The molecule has 0 amide bonds. The number of carbonyl (C=O) groups excluding carboxylic acids is 1. The van der Waals surface area contributed by atoms with E-state index in [1.165, 1.54) is 0 Å². The second-order valence-electron chi connectivity index (χ2n) is 8.92. The summed E-state index contributed by atoms with van der Waals surface area (Å²) in [6, 6.07) is 16.1. The third-order valence-electron chi connectivity index (χ3n) is 6.74. The van der Waals surface area contributed by atoms with Crippen LogP contribution in [0.5, 0.6) is 0 Å². The number of aromatic nitrogens is 2. The van der Waals surface area contributed by atoms with Crippen LogP contribution in [0.25, 0.3) is 11.0 Å². The van der Waals surface area contributed by atoms with Gasteiger partial charge in [0.2, 0.25) is 0 Å². The zero-order valence-corrected chi connectivity index (χ0v) is 19.0. The number of benzene rings is 2. The Morgan fingerprint density at radius 3 is 2.53 bits per heavy atom. The van der Waals surface area contributed by atoms with Crippen LogP contribution in [-0.2, 0) is 29.5 Å². The molecule has 6 heteroatoms. The molecule has 0 atom stereocenters. The zero-order valence-electron chi connectivity index (χ0n) is 19.0. The molecule has 0 radical (unpaired) electrons. The average molecular weight is 436 g/mol. The minimum Gasteiger partial charge on any atom is -0.383 e. The summed E-state index contributed by atoms with van der Waals surface area (Å²) in [5, 5.41) is 3.35. The molecule has 2 aromatic carbocycles. The van der Waals surface area contributed by atoms with E-state index < -0.39 is 0 Å². The van der Waals surface area contributed by atoms with E-state index in [0.717, 1.165) is 54.5 Å². The van der Waals surface area contributed by atoms with E-state index >= 15 is 0 Å². The van der Waals surface area contributed by atoms with Crippen LogP contribution in [0.2, 0.25) is 0 Å². The van der Waals surface area contributed by atoms with Crippen LogP contribution in [0.1, 0.15) is 31.2 Å². The van der Waals surface area contributed by atoms with Gasteiger partial charge < -0.3 is 10.1 Å². The van der Waals surface area contributed by atoms with Crippen LogP contribution in [0, 0.1) is 11.8 Å². The maximum atomic E-state index is 12.9. The quantitative estimate of drug-likeness (QED) is 0.516. The van der Waals surface area contributed by atoms with Gasteiger partial charge in [-0.3, -0.25) is 13.9 Å². The molecule has 1 N–H and O–H groups in total. The highest BCUT2D eigenvalue weighted by atomic mass is 16.5. The molecular formula is C26H33N3O3. The molecule has 0 bridgehead atoms. The van der Waals surface area contributed by atoms with E-state index in [0.29, 0.717) is 31.3 Å². The van der Waals surface area contributed by atoms with Gasteiger partial charge in [0.1, 0.15) is 5.78 Å². The molecule has 0 unspecified atom stereocenters. The predicted molar refractivity (Wildman–Crippen MR) is 128 cm³/mol. The number of fused-ring (bicyclic) bond motifs is 1. The molecule has 170 valence electrons. The van der Waals surface area contributed by atoms with Crippen LogP contribution in [0.4, 0.5) is 5.69 Å². The molecule has 6 nitrogen and oxygen atoms in total. The van der Waals surface area contributed by atoms with Crippen molar-refractivity contribution in [2.45, 2.75) is 38.6 Å². The summed E-state index contributed by atoms with van der Waals surface area (Å²) in [4.78, 5) is 25.7. The van der Waals surface area contributed by atoms with Crippen molar-refractivity contribution < 1.29 is 9.53 Å². The molecule has 32 heavy (non-hydrogen) atoms. The van der Waals surface area contributed by atoms with Gasteiger partial charge in [0, 0.05) is 45.3 Å². The first-order chi connectivity index (χ1) is 15.6. The number of hydrogen-bond donors (Lipinski definition) is 1. The standard InChI is InChI=1S/C26H33N3O3/c1-28-23-13-12-22(27-14-15-32-2)17-24(23)29(26(28)31)18-20-8-10-21(11-9-20)25(30)16-19-6-4-3-5-7-19/h3-7,12-13,17,20-21,27H,8-11,14-16,18H2,1-2H3. The molecular weight excluding hydrogens is 402 g/mol. The Balaban J connectivity index is 1.41. The van der Waals surface area contributed by atoms with E-state index in [1.54, 1.807) is 11.7 Å². The van der Waals surface area contributed by atoms with Gasteiger partial charge in [-0.05, 0) is 55.4 Å². The van der Waals surface area contributed by atoms with E-state index in [4.69, 9.17) is 4.74 Å². The van der Waals surface area contributed by atoms with Crippen LogP contribution in [0.3, 0.4) is 0 Å². The first-order valence-electron chi connectivity index (χ1n) is 11.6. The third-order valence-corrected chi connectivity index (χ3v) is 6.74. The number of anilines is 1. The number of Topliss-reactive ketones (excluding diaryl/α,β-unsaturated/α-hetero) is 1. The average Bonchev–Trinajstić information content (AvgIpc) is 3.05. The summed E-state index contributed by atoms with van der Waals surface area (Å²) < 4.78 is 8.75. The minimum absolute atomic E-state index is 0.0244. The van der Waals surface area contributed by atoms with Crippen molar-refractivity contribution in [3.05, 3.63) is 64.6 Å². The first-order valence-corrected chi connectivity index (χ1v) is 11.6. The Bertz CT molecular complexity index is 1110. The fraction of sp³-hybridized carbons (Fsp3) is 0.462. The Kier molecular flexibility index (Phi) is 7.10. The number of ketones is 1. The Morgan fingerprint density at radius 2 is 1.81 bits per heavy atom. The molecule has 1 aliphatic rings. The van der Waals surface area contributed by atoms with E-state index in [1.807, 2.05) is 54.1 Å². The number of carbonyl (C=O) groups is 1. The number of methoxy groups -OCH3 is 1. The lowest BCUT2D eigenvalue weighted by atomic mass is 9.79. The van der Waals surface area contributed by atoms with Crippen LogP contribution in [0.15, 0.2) is 53.3 Å². The largest absolute Gasteiger partial charge is 0.383 e. The van der Waals surface area contributed by atoms with Gasteiger partial charge in [-0.25, -0.2) is 4.79 Å². The van der Waals surface area contributed by atoms with Gasteiger partial charge in [0.05, 0.1) is 17.6 Å². The molecule has 1 heterocycles. The molecule has 1 aliphatic carbocycles. The van der Waals surface area contributed by atoms with Crippen molar-refractivity contribution in [1.29, 1.82) is 0 Å². The second-order valence-corrected chi connectivity index (χ2v) is 8.92. The highest BCUT2D eigenvalue weighted by Gasteiger charge is 2.27. The van der Waals surface area contributed by atoms with Gasteiger partial charge in [-0.1, -0.05) is 30.3 Å². The summed E-state index contributed by atoms with van der Waals surface area (Å²) in [6.07, 6.45) is 4.33. The number of hydrogen-bond acceptors (Lipinski definition) is 4. The van der Waals surface area contributed by atoms with Crippen LogP contribution in [-0.4, -0.2) is 35.2 Å². The lowest BCUT2D eigenvalue weighted by molar-refractivity contribution is -0.123. The lowest BCUT2D eigenvalue weighted by Crippen LogP contribution is -2.29. The fourth-order valence-corrected chi connectivity index (χ4v) is 4.86. The van der Waals surface area contributed by atoms with Crippen molar-refractivity contribution in [2.24, 2.45) is 18.9 Å². The van der Waals surface area contributed by atoms with Gasteiger partial charge in [0.15, 0.2) is 0 Å². The van der Waals surface area contributed by atoms with E-state index in [-0.39, 0.29) is 11.6 Å². The highest BCUT2D eigenvalue weighted by Crippen LogP contribution is 2.32. The monoisotopic (exact) mass is 435 g/mol. The molecule has 3 aromatic rings. The lowest BCUT2D eigenvalue weighted by Gasteiger charge is -2.28. The van der Waals surface area contributed by atoms with Gasteiger partial charge in [0.25, 0.3) is 0 Å². The Labute approximate surface area is 189 Å². The van der Waals surface area contributed by atoms with E-state index in [2.05, 4.69) is 11.4 Å². The van der Waals surface area contributed by atoms with Crippen LogP contribution < -0.4 is 11.0 Å². The van der Waals surface area contributed by atoms with Gasteiger partial charge in [-0.2, -0.15) is 0 Å². The summed E-state index contributed by atoms with van der Waals surface area (Å²) in [6.45, 7) is 2.06. The molecule has 4 rings (SSSR count). The summed E-state index contributed by atoms with van der Waals surface area (Å²) in [7, 11) is 3.52. The van der Waals surface area contributed by atoms with Crippen molar-refractivity contribution in [1.82, 2.24) is 9.13 Å². The SMILES string of the molecule is COCCNc1ccc2c(c1)n(CC1CCC(C(=O)Cc3ccccc3)CC1)c(=O)n2C. The smallest absolute Gasteiger partial charge is 0.328 e. The summed E-state index contributed by atoms with van der Waals surface area (Å²) in [5.41, 5.74) is 4.01. The predicted octanol–water partition coefficient (Wildman–Crippen LogP) is 4.02. The molecule has 0 aliphatic heterocycles. The van der Waals surface area contributed by atoms with Crippen molar-refractivity contribution >= 4 is 22.5 Å². The molecule has 0 saturated heterocycles. The molecule has 1 fully saturated rings. The van der Waals surface area contributed by atoms with Crippen molar-refractivity contribution in [2.75, 3.05) is 25.6 Å². The highest BCUT2D eigenvalue weighted by molar-refractivity contribution is 5.83. The second kappa shape index (κ2) is 10.2. The number of imidazole rings is 1. The molecule has 1 aromatic heterocycles. The Morgan fingerprint density at radius 1 is 1.06 bits per heavy atom. The Hall–Kier alpha value is -2.86. The van der Waals surface area contributed by atoms with Crippen molar-refractivity contribution in [3.63, 3.8) is 0 Å². The number of nitrogens with zero attached hydrogens (tertiary/aromatic N) is 2. The normalized spacial score (nSPS) is 18.7. The topological polar surface area (TPSA) is 65.3 Å². The summed E-state index contributed by atoms with van der Waals surface area (Å²) >= 11 is 0. The van der Waals surface area contributed by atoms with E-state index in [9.17, 15) is 9.59 Å². The van der Waals surface area contributed by atoms with Crippen LogP contribution >= 0.6 is 0 Å². The number of nitrogens with one attached hydrogen (secondary N) is 1. The third kappa shape index (κ3) is 4.96. The summed E-state index contributed by atoms with van der Waals surface area (Å²) in [5.74, 6) is 0.917. The van der Waals surface area contributed by atoms with Crippen molar-refractivity contribution in [3.8, 4) is 0 Å².